The molecule has 130 valence electrons. The van der Waals surface area contributed by atoms with Crippen molar-refractivity contribution in [1.29, 1.82) is 0 Å². The van der Waals surface area contributed by atoms with Gasteiger partial charge in [-0.3, -0.25) is 4.79 Å². The lowest BCUT2D eigenvalue weighted by atomic mass is 10.0. The number of aryl methyl sites for hydroxylation is 4. The van der Waals surface area contributed by atoms with Crippen LogP contribution in [0.5, 0.6) is 0 Å². The molecule has 4 rings (SSSR count). The topological polar surface area (TPSA) is 72.4 Å². The van der Waals surface area contributed by atoms with Crippen molar-refractivity contribution in [3.05, 3.63) is 46.3 Å². The Balaban J connectivity index is 1.64. The van der Waals surface area contributed by atoms with Crippen molar-refractivity contribution < 1.29 is 13.7 Å². The predicted octanol–water partition coefficient (Wildman–Crippen LogP) is 3.68. The Morgan fingerprint density at radius 1 is 1.20 bits per heavy atom. The highest BCUT2D eigenvalue weighted by Crippen LogP contribution is 2.33. The van der Waals surface area contributed by atoms with E-state index in [2.05, 4.69) is 16.2 Å². The largest absolute Gasteiger partial charge is 0.450 e. The van der Waals surface area contributed by atoms with E-state index in [9.17, 15) is 4.79 Å². The van der Waals surface area contributed by atoms with Gasteiger partial charge in [-0.1, -0.05) is 17.3 Å². The van der Waals surface area contributed by atoms with E-state index in [4.69, 9.17) is 8.94 Å². The van der Waals surface area contributed by atoms with E-state index in [1.807, 2.05) is 31.7 Å². The first-order valence-corrected chi connectivity index (χ1v) is 8.54. The van der Waals surface area contributed by atoms with Crippen molar-refractivity contribution >= 4 is 16.9 Å². The summed E-state index contributed by atoms with van der Waals surface area (Å²) < 4.78 is 11.2. The smallest absolute Gasteiger partial charge is 0.289 e. The summed E-state index contributed by atoms with van der Waals surface area (Å²) >= 11 is 0. The van der Waals surface area contributed by atoms with Crippen molar-refractivity contribution in [3.63, 3.8) is 0 Å². The van der Waals surface area contributed by atoms with Gasteiger partial charge in [-0.15, -0.1) is 0 Å². The maximum Gasteiger partial charge on any atom is 0.289 e. The molecule has 1 fully saturated rings. The molecule has 25 heavy (non-hydrogen) atoms. The highest BCUT2D eigenvalue weighted by atomic mass is 16.5. The lowest BCUT2D eigenvalue weighted by Crippen LogP contribution is -2.28. The Labute approximate surface area is 145 Å². The van der Waals surface area contributed by atoms with Crippen LogP contribution in [0.15, 0.2) is 21.1 Å². The number of likely N-dealkylation sites (tertiary alicyclic amines) is 1. The average Bonchev–Trinajstić information content (AvgIpc) is 3.29. The zero-order valence-electron chi connectivity index (χ0n) is 14.9. The highest BCUT2D eigenvalue weighted by Gasteiger charge is 2.33. The molecule has 1 atom stereocenters. The maximum atomic E-state index is 13.0. The monoisotopic (exact) mass is 339 g/mol. The minimum Gasteiger partial charge on any atom is -0.450 e. The summed E-state index contributed by atoms with van der Waals surface area (Å²) in [5, 5.41) is 4.89. The SMILES string of the molecule is Cc1noc(C2CCN(C(=O)c3oc4c(C)ccc(C)c4c3C)C2)n1. The molecule has 1 amide bonds. The van der Waals surface area contributed by atoms with Crippen molar-refractivity contribution in [3.8, 4) is 0 Å². The number of amides is 1. The molecule has 6 heteroatoms. The van der Waals surface area contributed by atoms with Crippen LogP contribution in [0.3, 0.4) is 0 Å². The summed E-state index contributed by atoms with van der Waals surface area (Å²) in [5.41, 5.74) is 3.90. The molecule has 0 bridgehead atoms. The van der Waals surface area contributed by atoms with Crippen molar-refractivity contribution in [1.82, 2.24) is 15.0 Å². The van der Waals surface area contributed by atoms with Crippen LogP contribution in [-0.2, 0) is 0 Å². The van der Waals surface area contributed by atoms with Crippen molar-refractivity contribution in [2.45, 2.75) is 40.0 Å². The fraction of sp³-hybridized carbons (Fsp3) is 0.421. The third-order valence-electron chi connectivity index (χ3n) is 5.04. The second-order valence-corrected chi connectivity index (χ2v) is 6.88. The first-order valence-electron chi connectivity index (χ1n) is 8.54. The number of carbonyl (C=O) groups is 1. The predicted molar refractivity (Wildman–Crippen MR) is 92.7 cm³/mol. The lowest BCUT2D eigenvalue weighted by molar-refractivity contribution is 0.0759. The number of furan rings is 1. The molecule has 6 nitrogen and oxygen atoms in total. The third kappa shape index (κ3) is 2.52. The van der Waals surface area contributed by atoms with E-state index in [0.29, 0.717) is 30.6 Å². The zero-order chi connectivity index (χ0) is 17.7. The summed E-state index contributed by atoms with van der Waals surface area (Å²) in [6, 6.07) is 4.09. The molecule has 1 unspecified atom stereocenters. The molecule has 1 aliphatic heterocycles. The standard InChI is InChI=1S/C19H21N3O3/c1-10-5-6-11(2)16-15(10)12(3)17(24-16)19(23)22-8-7-14(9-22)18-20-13(4)21-25-18/h5-6,14H,7-9H2,1-4H3. The zero-order valence-corrected chi connectivity index (χ0v) is 14.9. The van der Waals surface area contributed by atoms with Gasteiger partial charge in [0.15, 0.2) is 11.6 Å². The Hall–Kier alpha value is -2.63. The molecule has 0 N–H and O–H groups in total. The van der Waals surface area contributed by atoms with Crippen LogP contribution in [0.2, 0.25) is 0 Å². The molecule has 0 saturated carbocycles. The number of hydrogen-bond donors (Lipinski definition) is 0. The van der Waals surface area contributed by atoms with E-state index in [1.54, 1.807) is 6.92 Å². The highest BCUT2D eigenvalue weighted by molar-refractivity contribution is 6.00. The van der Waals surface area contributed by atoms with Crippen LogP contribution < -0.4 is 0 Å². The molecule has 0 radical (unpaired) electrons. The number of nitrogens with zero attached hydrogens (tertiary/aromatic N) is 3. The second-order valence-electron chi connectivity index (χ2n) is 6.88. The van der Waals surface area contributed by atoms with E-state index < -0.39 is 0 Å². The molecule has 1 aromatic carbocycles. The molecule has 3 heterocycles. The van der Waals surface area contributed by atoms with Gasteiger partial charge in [0, 0.05) is 24.0 Å². The van der Waals surface area contributed by atoms with Gasteiger partial charge in [-0.25, -0.2) is 0 Å². The van der Waals surface area contributed by atoms with E-state index in [0.717, 1.165) is 34.1 Å². The Kier molecular flexibility index (Phi) is 3.63. The molecule has 3 aromatic rings. The fourth-order valence-electron chi connectivity index (χ4n) is 3.65. The molecular formula is C19H21N3O3. The minimum absolute atomic E-state index is 0.0637. The summed E-state index contributed by atoms with van der Waals surface area (Å²) in [5.74, 6) is 1.71. The maximum absolute atomic E-state index is 13.0. The van der Waals surface area contributed by atoms with Gasteiger partial charge < -0.3 is 13.8 Å². The Bertz CT molecular complexity index is 970. The molecular weight excluding hydrogens is 318 g/mol. The summed E-state index contributed by atoms with van der Waals surface area (Å²) in [6.45, 7) is 9.05. The number of hydrogen-bond acceptors (Lipinski definition) is 5. The van der Waals surface area contributed by atoms with Gasteiger partial charge in [-0.2, -0.15) is 4.98 Å². The summed E-state index contributed by atoms with van der Waals surface area (Å²) in [7, 11) is 0. The fourth-order valence-corrected chi connectivity index (χ4v) is 3.65. The first-order chi connectivity index (χ1) is 12.0. The lowest BCUT2D eigenvalue weighted by Gasteiger charge is -2.14. The van der Waals surface area contributed by atoms with Crippen LogP contribution in [0.25, 0.3) is 11.0 Å². The van der Waals surface area contributed by atoms with Gasteiger partial charge in [0.2, 0.25) is 5.89 Å². The molecule has 2 aromatic heterocycles. The molecule has 0 aliphatic carbocycles. The van der Waals surface area contributed by atoms with Gasteiger partial charge in [0.05, 0.1) is 5.92 Å². The normalized spacial score (nSPS) is 17.6. The van der Waals surface area contributed by atoms with Crippen LogP contribution in [-0.4, -0.2) is 34.0 Å². The number of rotatable bonds is 2. The van der Waals surface area contributed by atoms with E-state index in [-0.39, 0.29) is 11.8 Å². The number of carbonyl (C=O) groups excluding carboxylic acids is 1. The molecule has 1 aliphatic rings. The van der Waals surface area contributed by atoms with E-state index >= 15 is 0 Å². The van der Waals surface area contributed by atoms with Crippen LogP contribution in [0, 0.1) is 27.7 Å². The average molecular weight is 339 g/mol. The second kappa shape index (κ2) is 5.72. The number of fused-ring (bicyclic) bond motifs is 1. The van der Waals surface area contributed by atoms with Crippen LogP contribution in [0.4, 0.5) is 0 Å². The van der Waals surface area contributed by atoms with Crippen LogP contribution in [0.1, 0.15) is 51.3 Å². The first kappa shape index (κ1) is 15.9. The number of benzene rings is 1. The minimum atomic E-state index is -0.0637. The van der Waals surface area contributed by atoms with Gasteiger partial charge in [-0.05, 0) is 45.2 Å². The Morgan fingerprint density at radius 2 is 1.96 bits per heavy atom. The Morgan fingerprint density at radius 3 is 2.64 bits per heavy atom. The van der Waals surface area contributed by atoms with Crippen LogP contribution >= 0.6 is 0 Å². The molecule has 0 spiro atoms. The summed E-state index contributed by atoms with van der Waals surface area (Å²) in [6.07, 6.45) is 0.824. The quantitative estimate of drug-likeness (QED) is 0.712. The molecule has 1 saturated heterocycles. The van der Waals surface area contributed by atoms with E-state index in [1.165, 1.54) is 0 Å². The third-order valence-corrected chi connectivity index (χ3v) is 5.04. The number of aromatic nitrogens is 2. The summed E-state index contributed by atoms with van der Waals surface area (Å²) in [4.78, 5) is 19.1. The van der Waals surface area contributed by atoms with Crippen molar-refractivity contribution in [2.24, 2.45) is 0 Å². The van der Waals surface area contributed by atoms with Gasteiger partial charge in [0.25, 0.3) is 5.91 Å². The van der Waals surface area contributed by atoms with Gasteiger partial charge in [0.1, 0.15) is 5.58 Å². The van der Waals surface area contributed by atoms with Crippen molar-refractivity contribution in [2.75, 3.05) is 13.1 Å². The van der Waals surface area contributed by atoms with Gasteiger partial charge >= 0.3 is 0 Å².